The molecule has 1 aliphatic heterocycles. The molecule has 1 amide bonds. The number of carbonyl (C=O) groups excluding carboxylic acids is 1. The molecule has 0 N–H and O–H groups in total. The second-order valence-corrected chi connectivity index (χ2v) is 5.10. The van der Waals surface area contributed by atoms with Gasteiger partial charge >= 0.3 is 13.1 Å². The fourth-order valence-corrected chi connectivity index (χ4v) is 1.59. The Morgan fingerprint density at radius 3 is 2.31 bits per heavy atom. The van der Waals surface area contributed by atoms with Crippen LogP contribution in [0, 0.1) is 0 Å². The number of nitrogens with zero attached hydrogens (tertiary/aromatic N) is 1. The van der Waals surface area contributed by atoms with Gasteiger partial charge in [0.15, 0.2) is 0 Å². The van der Waals surface area contributed by atoms with Crippen molar-refractivity contribution in [3.05, 3.63) is 0 Å². The van der Waals surface area contributed by atoms with Crippen molar-refractivity contribution in [1.29, 1.82) is 0 Å². The minimum Gasteiger partial charge on any atom is -0.449 e. The lowest BCUT2D eigenvalue weighted by molar-refractivity contribution is 0.0294. The summed E-state index contributed by atoms with van der Waals surface area (Å²) in [6, 6.07) is 0. The summed E-state index contributed by atoms with van der Waals surface area (Å²) in [5.41, 5.74) is -0.668. The molecule has 1 saturated heterocycles. The van der Waals surface area contributed by atoms with Crippen LogP contribution in [0.4, 0.5) is 17.7 Å². The molecule has 16 heavy (non-hydrogen) atoms. The number of likely N-dealkylation sites (tertiary alicyclic amines) is 1. The molecule has 0 radical (unpaired) electrons. The molecule has 0 bridgehead atoms. The maximum absolute atomic E-state index is 12.4. The lowest BCUT2D eigenvalue weighted by Gasteiger charge is -2.26. The van der Waals surface area contributed by atoms with E-state index in [0.29, 0.717) is 0 Å². The van der Waals surface area contributed by atoms with Crippen molar-refractivity contribution in [3.63, 3.8) is 0 Å². The third kappa shape index (κ3) is 3.61. The number of hydrogen-bond donors (Lipinski definition) is 0. The van der Waals surface area contributed by atoms with E-state index in [1.807, 2.05) is 0 Å². The Kier molecular flexibility index (Phi) is 3.45. The van der Waals surface area contributed by atoms with Gasteiger partial charge in [-0.25, -0.2) is 4.79 Å². The Morgan fingerprint density at radius 2 is 1.94 bits per heavy atom. The van der Waals surface area contributed by atoms with Crippen LogP contribution in [0.1, 0.15) is 27.2 Å². The molecule has 1 heterocycles. The van der Waals surface area contributed by atoms with Crippen molar-refractivity contribution in [2.45, 2.75) is 38.6 Å². The number of amides is 1. The zero-order valence-corrected chi connectivity index (χ0v) is 9.67. The average Bonchev–Trinajstić information content (AvgIpc) is 2.46. The van der Waals surface area contributed by atoms with Crippen molar-refractivity contribution < 1.29 is 22.5 Å². The maximum atomic E-state index is 12.4. The van der Waals surface area contributed by atoms with Crippen LogP contribution in [-0.2, 0) is 4.74 Å². The summed E-state index contributed by atoms with van der Waals surface area (Å²) >= 11 is 0. The third-order valence-electron chi connectivity index (χ3n) is 2.41. The van der Waals surface area contributed by atoms with Gasteiger partial charge in [-0.3, -0.25) is 0 Å². The van der Waals surface area contributed by atoms with Gasteiger partial charge in [0.25, 0.3) is 0 Å². The molecule has 1 fully saturated rings. The molecule has 3 nitrogen and oxygen atoms in total. The molecular weight excluding hydrogens is 222 g/mol. The van der Waals surface area contributed by atoms with Crippen LogP contribution in [-0.4, -0.2) is 36.7 Å². The van der Waals surface area contributed by atoms with E-state index in [4.69, 9.17) is 4.74 Å². The average molecular weight is 238 g/mol. The minimum absolute atomic E-state index is 0.0112. The summed E-state index contributed by atoms with van der Waals surface area (Å²) in [6.45, 7) is 0.0674. The Hall–Kier alpha value is -0.875. The molecule has 0 spiro atoms. The summed E-state index contributed by atoms with van der Waals surface area (Å²) in [5, 5.41) is 0. The van der Waals surface area contributed by atoms with Crippen molar-refractivity contribution in [1.82, 2.24) is 4.90 Å². The Morgan fingerprint density at radius 1 is 1.38 bits per heavy atom. The van der Waals surface area contributed by atoms with Crippen LogP contribution < -0.4 is 0 Å². The van der Waals surface area contributed by atoms with Crippen LogP contribution in [0.3, 0.4) is 0 Å². The topological polar surface area (TPSA) is 29.5 Å². The number of carbonyl (C=O) groups is 1. The predicted octanol–water partition coefficient (Wildman–Crippen LogP) is 2.84. The predicted molar refractivity (Wildman–Crippen MR) is 55.3 cm³/mol. The second-order valence-electron chi connectivity index (χ2n) is 5.10. The molecule has 0 saturated carbocycles. The highest BCUT2D eigenvalue weighted by Gasteiger charge is 2.41. The van der Waals surface area contributed by atoms with Crippen molar-refractivity contribution in [3.8, 4) is 0 Å². The van der Waals surface area contributed by atoms with E-state index in [9.17, 15) is 17.7 Å². The molecule has 0 aromatic heterocycles. The van der Waals surface area contributed by atoms with Gasteiger partial charge in [-0.1, -0.05) is 12.2 Å². The van der Waals surface area contributed by atoms with Crippen LogP contribution in [0.25, 0.3) is 0 Å². The number of ether oxygens (including phenoxy) is 1. The van der Waals surface area contributed by atoms with Crippen LogP contribution in [0.5, 0.6) is 0 Å². The smallest absolute Gasteiger partial charge is 0.449 e. The lowest BCUT2D eigenvalue weighted by Crippen LogP contribution is -2.36. The molecule has 0 aromatic carbocycles. The first-order valence-corrected chi connectivity index (χ1v) is 5.27. The highest BCUT2D eigenvalue weighted by atomic mass is 19.4. The number of halogens is 3. The van der Waals surface area contributed by atoms with E-state index in [-0.39, 0.29) is 19.5 Å². The van der Waals surface area contributed by atoms with Crippen LogP contribution in [0.15, 0.2) is 0 Å². The summed E-state index contributed by atoms with van der Waals surface area (Å²) < 4.78 is 42.3. The normalized spacial score (nSPS) is 22.4. The summed E-state index contributed by atoms with van der Waals surface area (Å²) in [5.74, 6) is -1.35. The Bertz CT molecular complexity index is 275. The third-order valence-corrected chi connectivity index (χ3v) is 2.41. The summed E-state index contributed by atoms with van der Waals surface area (Å²) in [4.78, 5) is 12.6. The Balaban J connectivity index is 2.51. The van der Waals surface area contributed by atoms with E-state index in [2.05, 4.69) is 0 Å². The van der Waals surface area contributed by atoms with Crippen LogP contribution in [0.2, 0.25) is 5.82 Å². The molecular formula is C9H16BF3NO2-. The molecule has 1 rings (SSSR count). The van der Waals surface area contributed by atoms with E-state index in [0.717, 1.165) is 4.90 Å². The zero-order valence-electron chi connectivity index (χ0n) is 9.67. The van der Waals surface area contributed by atoms with Gasteiger partial charge in [0.2, 0.25) is 0 Å². The molecule has 0 aliphatic carbocycles. The maximum Gasteiger partial charge on any atom is 0.483 e. The fraction of sp³-hybridized carbons (Fsp3) is 0.889. The van der Waals surface area contributed by atoms with E-state index in [1.165, 1.54) is 0 Å². The lowest BCUT2D eigenvalue weighted by atomic mass is 9.72. The van der Waals surface area contributed by atoms with Gasteiger partial charge in [0.05, 0.1) is 0 Å². The molecule has 1 unspecified atom stereocenters. The fourth-order valence-electron chi connectivity index (χ4n) is 1.59. The van der Waals surface area contributed by atoms with Crippen molar-refractivity contribution >= 4 is 13.1 Å². The van der Waals surface area contributed by atoms with Crippen LogP contribution >= 0.6 is 0 Å². The number of rotatable bonds is 1. The van der Waals surface area contributed by atoms with Gasteiger partial charge in [-0.15, -0.1) is 0 Å². The van der Waals surface area contributed by atoms with E-state index in [1.54, 1.807) is 20.8 Å². The number of hydrogen-bond acceptors (Lipinski definition) is 2. The standard InChI is InChI=1S/C9H16BF3NO2/c1-9(2,3)16-8(15)14-5-4-7(6-14)10(11,12)13/h7H,4-6H2,1-3H3/q-1. The van der Waals surface area contributed by atoms with Gasteiger partial charge in [0.1, 0.15) is 5.60 Å². The largest absolute Gasteiger partial charge is 0.483 e. The van der Waals surface area contributed by atoms with Crippen molar-refractivity contribution in [2.24, 2.45) is 0 Å². The minimum atomic E-state index is -4.85. The second kappa shape index (κ2) is 4.18. The summed E-state index contributed by atoms with van der Waals surface area (Å²) in [7, 11) is 0. The quantitative estimate of drug-likeness (QED) is 0.657. The van der Waals surface area contributed by atoms with E-state index >= 15 is 0 Å². The summed E-state index contributed by atoms with van der Waals surface area (Å²) in [6.07, 6.45) is -0.669. The first-order chi connectivity index (χ1) is 7.09. The molecule has 1 aliphatic rings. The van der Waals surface area contributed by atoms with Gasteiger partial charge in [-0.2, -0.15) is 0 Å². The highest BCUT2D eigenvalue weighted by molar-refractivity contribution is 6.60. The molecule has 94 valence electrons. The first kappa shape index (κ1) is 13.2. The Labute approximate surface area is 93.0 Å². The van der Waals surface area contributed by atoms with Gasteiger partial charge < -0.3 is 22.6 Å². The first-order valence-electron chi connectivity index (χ1n) is 5.27. The SMILES string of the molecule is CC(C)(C)OC(=O)N1CCC([B-](F)(F)F)C1. The van der Waals surface area contributed by atoms with Gasteiger partial charge in [-0.05, 0) is 20.8 Å². The van der Waals surface area contributed by atoms with Gasteiger partial charge in [0, 0.05) is 13.1 Å². The van der Waals surface area contributed by atoms with Crippen molar-refractivity contribution in [2.75, 3.05) is 13.1 Å². The molecule has 0 aromatic rings. The monoisotopic (exact) mass is 238 g/mol. The van der Waals surface area contributed by atoms with E-state index < -0.39 is 24.5 Å². The highest BCUT2D eigenvalue weighted by Crippen LogP contribution is 2.35. The molecule has 1 atom stereocenters. The zero-order chi connectivity index (χ0) is 12.6. The molecule has 7 heteroatoms.